The lowest BCUT2D eigenvalue weighted by atomic mass is 9.83. The number of aromatic nitrogens is 2. The highest BCUT2D eigenvalue weighted by Crippen LogP contribution is 2.38. The van der Waals surface area contributed by atoms with Gasteiger partial charge in [0, 0.05) is 23.9 Å². The van der Waals surface area contributed by atoms with Gasteiger partial charge in [-0.1, -0.05) is 17.7 Å². The number of fused-ring (bicyclic) bond motifs is 1. The molecule has 182 valence electrons. The highest BCUT2D eigenvalue weighted by atomic mass is 35.5. The molecule has 2 N–H and O–H groups in total. The van der Waals surface area contributed by atoms with E-state index in [-0.39, 0.29) is 28.6 Å². The van der Waals surface area contributed by atoms with E-state index in [0.29, 0.717) is 47.0 Å². The molecule has 2 aromatic carbocycles. The Morgan fingerprint density at radius 3 is 2.74 bits per heavy atom. The molecular weight excluding hydrogens is 473 g/mol. The molecule has 2 aliphatic rings. The number of ether oxygens (including phenoxy) is 2. The molecule has 1 aliphatic heterocycles. The van der Waals surface area contributed by atoms with Crippen LogP contribution in [0.3, 0.4) is 0 Å². The van der Waals surface area contributed by atoms with Crippen molar-refractivity contribution in [2.75, 3.05) is 25.5 Å². The number of anilines is 2. The summed E-state index contributed by atoms with van der Waals surface area (Å²) < 4.78 is 26.4. The number of methoxy groups -OCH3 is 1. The zero-order valence-corrected chi connectivity index (χ0v) is 19.9. The number of halogens is 2. The highest BCUT2D eigenvalue weighted by molar-refractivity contribution is 6.40. The van der Waals surface area contributed by atoms with Crippen molar-refractivity contribution in [3.63, 3.8) is 0 Å². The van der Waals surface area contributed by atoms with Crippen LogP contribution in [0.15, 0.2) is 41.7 Å². The summed E-state index contributed by atoms with van der Waals surface area (Å²) in [5.74, 6) is 1.08. The number of carbonyl (C=O) groups excluding carboxylic acids is 1. The highest BCUT2D eigenvalue weighted by Gasteiger charge is 2.30. The number of benzene rings is 2. The first-order valence-electron chi connectivity index (χ1n) is 11.6. The standard InChI is InChI=1S/C25H25ClFN5O3/c1-34-20-12-19-16(24(31-13-30-19)32-18-4-2-3-17(26)22(18)27)11-21(20)35-15-7-5-14(6-8-15)23-25(33)29-10-9-28-23/h2-4,11-15H,5-10H2,1H3,(H,29,33)(H,30,31,32). The van der Waals surface area contributed by atoms with Gasteiger partial charge in [-0.15, -0.1) is 0 Å². The molecule has 10 heteroatoms. The molecule has 5 rings (SSSR count). The first-order valence-corrected chi connectivity index (χ1v) is 11.9. The molecule has 0 atom stereocenters. The van der Waals surface area contributed by atoms with Crippen molar-refractivity contribution < 1.29 is 18.7 Å². The molecule has 0 bridgehead atoms. The number of hydrogen-bond donors (Lipinski definition) is 2. The van der Waals surface area contributed by atoms with Crippen LogP contribution in [0.5, 0.6) is 11.5 Å². The number of nitrogens with one attached hydrogen (secondary N) is 2. The molecule has 0 unspecified atom stereocenters. The third kappa shape index (κ3) is 4.86. The molecule has 0 radical (unpaired) electrons. The van der Waals surface area contributed by atoms with Crippen molar-refractivity contribution in [1.82, 2.24) is 15.3 Å². The Morgan fingerprint density at radius 2 is 1.97 bits per heavy atom. The average molecular weight is 498 g/mol. The summed E-state index contributed by atoms with van der Waals surface area (Å²) >= 11 is 5.93. The van der Waals surface area contributed by atoms with E-state index in [4.69, 9.17) is 21.1 Å². The molecule has 35 heavy (non-hydrogen) atoms. The minimum Gasteiger partial charge on any atom is -0.493 e. The smallest absolute Gasteiger partial charge is 0.265 e. The third-order valence-corrected chi connectivity index (χ3v) is 6.68. The first kappa shape index (κ1) is 23.3. The fraction of sp³-hybridized carbons (Fsp3) is 0.360. The molecule has 1 saturated carbocycles. The second-order valence-corrected chi connectivity index (χ2v) is 8.99. The number of hydrogen-bond acceptors (Lipinski definition) is 7. The summed E-state index contributed by atoms with van der Waals surface area (Å²) in [4.78, 5) is 25.2. The van der Waals surface area contributed by atoms with Crippen molar-refractivity contribution in [3.05, 3.63) is 47.5 Å². The molecule has 1 aliphatic carbocycles. The zero-order valence-electron chi connectivity index (χ0n) is 19.2. The van der Waals surface area contributed by atoms with Gasteiger partial charge in [-0.3, -0.25) is 9.79 Å². The van der Waals surface area contributed by atoms with Crippen LogP contribution in [0.2, 0.25) is 5.02 Å². The molecule has 1 aromatic heterocycles. The number of nitrogens with zero attached hydrogens (tertiary/aromatic N) is 3. The van der Waals surface area contributed by atoms with E-state index in [0.717, 1.165) is 25.7 Å². The predicted octanol–water partition coefficient (Wildman–Crippen LogP) is 4.68. The molecule has 0 saturated heterocycles. The summed E-state index contributed by atoms with van der Waals surface area (Å²) in [7, 11) is 1.58. The van der Waals surface area contributed by atoms with Crippen LogP contribution in [-0.2, 0) is 4.79 Å². The van der Waals surface area contributed by atoms with E-state index in [1.165, 1.54) is 12.4 Å². The molecule has 3 aromatic rings. The van der Waals surface area contributed by atoms with Gasteiger partial charge in [0.1, 0.15) is 17.9 Å². The quantitative estimate of drug-likeness (QED) is 0.513. The van der Waals surface area contributed by atoms with Crippen molar-refractivity contribution in [2.24, 2.45) is 10.9 Å². The maximum atomic E-state index is 14.5. The van der Waals surface area contributed by atoms with Gasteiger partial charge < -0.3 is 20.1 Å². The normalized spacial score (nSPS) is 20.2. The number of amides is 1. The van der Waals surface area contributed by atoms with Gasteiger partial charge in [-0.25, -0.2) is 14.4 Å². The molecular formula is C25H25ClFN5O3. The lowest BCUT2D eigenvalue weighted by Crippen LogP contribution is -2.42. The van der Waals surface area contributed by atoms with Gasteiger partial charge in [0.05, 0.1) is 36.0 Å². The van der Waals surface area contributed by atoms with Crippen molar-refractivity contribution >= 4 is 45.6 Å². The Hall–Kier alpha value is -3.46. The lowest BCUT2D eigenvalue weighted by molar-refractivity contribution is -0.115. The molecule has 1 fully saturated rings. The Balaban J connectivity index is 1.37. The summed E-state index contributed by atoms with van der Waals surface area (Å²) in [5, 5.41) is 6.57. The Bertz CT molecular complexity index is 1290. The van der Waals surface area contributed by atoms with Crippen LogP contribution >= 0.6 is 11.6 Å². The van der Waals surface area contributed by atoms with Gasteiger partial charge in [-0.2, -0.15) is 0 Å². The first-order chi connectivity index (χ1) is 17.0. The topological polar surface area (TPSA) is 97.7 Å². The second-order valence-electron chi connectivity index (χ2n) is 8.58. The van der Waals surface area contributed by atoms with Crippen LogP contribution in [0.4, 0.5) is 15.9 Å². The lowest BCUT2D eigenvalue weighted by Gasteiger charge is -2.30. The van der Waals surface area contributed by atoms with Crippen LogP contribution < -0.4 is 20.1 Å². The van der Waals surface area contributed by atoms with Crippen molar-refractivity contribution in [1.29, 1.82) is 0 Å². The van der Waals surface area contributed by atoms with E-state index in [9.17, 15) is 9.18 Å². The summed E-state index contributed by atoms with van der Waals surface area (Å²) in [6.45, 7) is 1.25. The van der Waals surface area contributed by atoms with Crippen molar-refractivity contribution in [2.45, 2.75) is 31.8 Å². The minimum absolute atomic E-state index is 0.0197. The Kier molecular flexibility index (Phi) is 6.68. The largest absolute Gasteiger partial charge is 0.493 e. The average Bonchev–Trinajstić information content (AvgIpc) is 2.87. The summed E-state index contributed by atoms with van der Waals surface area (Å²) in [6, 6.07) is 8.32. The molecule has 0 spiro atoms. The zero-order chi connectivity index (χ0) is 24.4. The molecule has 8 nitrogen and oxygen atoms in total. The van der Waals surface area contributed by atoms with E-state index in [2.05, 4.69) is 25.6 Å². The summed E-state index contributed by atoms with van der Waals surface area (Å²) in [6.07, 6.45) is 4.62. The van der Waals surface area contributed by atoms with Gasteiger partial charge in [0.2, 0.25) is 0 Å². The Morgan fingerprint density at radius 1 is 1.14 bits per heavy atom. The van der Waals surface area contributed by atoms with Crippen LogP contribution in [-0.4, -0.2) is 47.9 Å². The number of rotatable bonds is 6. The van der Waals surface area contributed by atoms with E-state index in [1.807, 2.05) is 6.07 Å². The van der Waals surface area contributed by atoms with Gasteiger partial charge >= 0.3 is 0 Å². The van der Waals surface area contributed by atoms with Gasteiger partial charge in [0.25, 0.3) is 5.91 Å². The van der Waals surface area contributed by atoms with Crippen LogP contribution in [0.25, 0.3) is 10.9 Å². The van der Waals surface area contributed by atoms with Gasteiger partial charge in [-0.05, 0) is 43.9 Å². The number of aliphatic imine (C=N–C) groups is 1. The number of carbonyl (C=O) groups is 1. The van der Waals surface area contributed by atoms with Gasteiger partial charge in [0.15, 0.2) is 17.3 Å². The minimum atomic E-state index is -0.557. The third-order valence-electron chi connectivity index (χ3n) is 6.39. The van der Waals surface area contributed by atoms with Crippen molar-refractivity contribution in [3.8, 4) is 11.5 Å². The fourth-order valence-electron chi connectivity index (χ4n) is 4.60. The monoisotopic (exact) mass is 497 g/mol. The fourth-order valence-corrected chi connectivity index (χ4v) is 4.77. The maximum absolute atomic E-state index is 14.5. The van der Waals surface area contributed by atoms with Crippen LogP contribution in [0, 0.1) is 11.7 Å². The van der Waals surface area contributed by atoms with Crippen LogP contribution in [0.1, 0.15) is 25.7 Å². The predicted molar refractivity (Wildman–Crippen MR) is 132 cm³/mol. The molecule has 2 heterocycles. The maximum Gasteiger partial charge on any atom is 0.265 e. The van der Waals surface area contributed by atoms with E-state index in [1.54, 1.807) is 25.3 Å². The van der Waals surface area contributed by atoms with E-state index < -0.39 is 5.82 Å². The molecule has 1 amide bonds. The summed E-state index contributed by atoms with van der Waals surface area (Å²) in [5.41, 5.74) is 1.50. The second kappa shape index (κ2) is 10.0. The Labute approximate surface area is 206 Å². The SMILES string of the molecule is COc1cc2ncnc(Nc3cccc(Cl)c3F)c2cc1OC1CCC(C2=NCCNC2=O)CC1. The van der Waals surface area contributed by atoms with E-state index >= 15 is 0 Å².